The Morgan fingerprint density at radius 2 is 1.92 bits per heavy atom. The van der Waals surface area contributed by atoms with Crippen LogP contribution < -0.4 is 10.2 Å². The zero-order chi connectivity index (χ0) is 18.4. The van der Waals surface area contributed by atoms with Gasteiger partial charge in [0.05, 0.1) is 18.2 Å². The summed E-state index contributed by atoms with van der Waals surface area (Å²) in [5.41, 5.74) is 2.91. The molecule has 0 bridgehead atoms. The second kappa shape index (κ2) is 5.97. The number of ether oxygens (including phenoxy) is 1. The number of aryl methyl sites for hydroxylation is 1. The van der Waals surface area contributed by atoms with E-state index in [1.54, 1.807) is 6.92 Å². The van der Waals surface area contributed by atoms with Gasteiger partial charge in [-0.25, -0.2) is 8.78 Å². The molecule has 1 N–H and O–H groups in total. The molecule has 134 valence electrons. The number of H-pyrrole nitrogens is 1. The standard InChI is InChI=1S/C20H23F2NO2/c1-12-7-15(24)9-17(23-12)16-6-5-13(19(2,3)4)8-18(16)25-11-14-10-20(14,21)22/h5-9,14H,10-11H2,1-4H3,(H,23,24)/t14-/m1/s1. The van der Waals surface area contributed by atoms with Gasteiger partial charge in [0.15, 0.2) is 5.43 Å². The van der Waals surface area contributed by atoms with Gasteiger partial charge in [0.2, 0.25) is 0 Å². The SMILES string of the molecule is Cc1cc(=O)cc(-c2ccc(C(C)(C)C)cc2OC[C@H]2CC2(F)F)[nH]1. The number of hydrogen-bond acceptors (Lipinski definition) is 2. The van der Waals surface area contributed by atoms with Gasteiger partial charge in [-0.15, -0.1) is 0 Å². The number of rotatable bonds is 4. The highest BCUT2D eigenvalue weighted by molar-refractivity contribution is 5.68. The Bertz CT molecular complexity index is 850. The third kappa shape index (κ3) is 3.91. The van der Waals surface area contributed by atoms with Crippen molar-refractivity contribution in [3.05, 3.63) is 51.8 Å². The number of aromatic amines is 1. The Morgan fingerprint density at radius 1 is 1.24 bits per heavy atom. The first-order valence-electron chi connectivity index (χ1n) is 8.43. The molecule has 0 spiro atoms. The molecule has 3 rings (SSSR count). The van der Waals surface area contributed by atoms with Crippen LogP contribution in [0, 0.1) is 12.8 Å². The summed E-state index contributed by atoms with van der Waals surface area (Å²) >= 11 is 0. The quantitative estimate of drug-likeness (QED) is 0.872. The van der Waals surface area contributed by atoms with Crippen molar-refractivity contribution in [3.63, 3.8) is 0 Å². The van der Waals surface area contributed by atoms with Crippen LogP contribution in [0.4, 0.5) is 8.78 Å². The van der Waals surface area contributed by atoms with E-state index >= 15 is 0 Å². The summed E-state index contributed by atoms with van der Waals surface area (Å²) in [4.78, 5) is 15.0. The molecule has 3 nitrogen and oxygen atoms in total. The molecule has 0 radical (unpaired) electrons. The van der Waals surface area contributed by atoms with E-state index in [2.05, 4.69) is 25.8 Å². The highest BCUT2D eigenvalue weighted by Crippen LogP contribution is 2.49. The van der Waals surface area contributed by atoms with E-state index < -0.39 is 11.8 Å². The third-order valence-corrected chi connectivity index (χ3v) is 4.51. The lowest BCUT2D eigenvalue weighted by Gasteiger charge is -2.21. The van der Waals surface area contributed by atoms with Crippen LogP contribution in [0.1, 0.15) is 38.4 Å². The number of aromatic nitrogens is 1. The molecular weight excluding hydrogens is 324 g/mol. The Kier molecular flexibility index (Phi) is 4.21. The predicted molar refractivity (Wildman–Crippen MR) is 94.5 cm³/mol. The molecule has 1 atom stereocenters. The number of halogens is 2. The molecule has 1 aromatic carbocycles. The van der Waals surface area contributed by atoms with E-state index in [4.69, 9.17) is 4.74 Å². The first kappa shape index (κ1) is 17.6. The number of pyridine rings is 1. The van der Waals surface area contributed by atoms with Crippen molar-refractivity contribution in [2.24, 2.45) is 5.92 Å². The lowest BCUT2D eigenvalue weighted by molar-refractivity contribution is 0.0856. The van der Waals surface area contributed by atoms with E-state index in [0.29, 0.717) is 17.0 Å². The van der Waals surface area contributed by atoms with Crippen LogP contribution in [0.15, 0.2) is 35.1 Å². The van der Waals surface area contributed by atoms with Gasteiger partial charge >= 0.3 is 0 Å². The second-order valence-corrected chi connectivity index (χ2v) is 7.85. The van der Waals surface area contributed by atoms with Gasteiger partial charge < -0.3 is 9.72 Å². The lowest BCUT2D eigenvalue weighted by Crippen LogP contribution is -2.13. The second-order valence-electron chi connectivity index (χ2n) is 7.85. The van der Waals surface area contributed by atoms with Crippen LogP contribution in [0.5, 0.6) is 5.75 Å². The van der Waals surface area contributed by atoms with Crippen LogP contribution in [0.2, 0.25) is 0 Å². The maximum absolute atomic E-state index is 13.2. The fourth-order valence-electron chi connectivity index (χ4n) is 2.80. The summed E-state index contributed by atoms with van der Waals surface area (Å²) < 4.78 is 32.1. The molecule has 1 fully saturated rings. The number of nitrogens with one attached hydrogen (secondary N) is 1. The number of alkyl halides is 2. The smallest absolute Gasteiger partial charge is 0.255 e. The molecule has 0 saturated heterocycles. The molecule has 0 unspecified atom stereocenters. The van der Waals surface area contributed by atoms with E-state index in [-0.39, 0.29) is 23.9 Å². The van der Waals surface area contributed by atoms with Gasteiger partial charge in [0.1, 0.15) is 5.75 Å². The van der Waals surface area contributed by atoms with Gasteiger partial charge in [-0.1, -0.05) is 26.8 Å². The first-order valence-corrected chi connectivity index (χ1v) is 8.43. The van der Waals surface area contributed by atoms with Crippen molar-refractivity contribution in [1.82, 2.24) is 4.98 Å². The van der Waals surface area contributed by atoms with E-state index in [9.17, 15) is 13.6 Å². The van der Waals surface area contributed by atoms with Gasteiger partial charge in [0.25, 0.3) is 5.92 Å². The molecular formula is C20H23F2NO2. The Morgan fingerprint density at radius 3 is 2.48 bits per heavy atom. The average molecular weight is 347 g/mol. The zero-order valence-corrected chi connectivity index (χ0v) is 15.0. The fourth-order valence-corrected chi connectivity index (χ4v) is 2.80. The van der Waals surface area contributed by atoms with Crippen LogP contribution in [-0.4, -0.2) is 17.5 Å². The summed E-state index contributed by atoms with van der Waals surface area (Å²) in [6.07, 6.45) is -0.122. The largest absolute Gasteiger partial charge is 0.492 e. The van der Waals surface area contributed by atoms with Crippen molar-refractivity contribution in [3.8, 4) is 17.0 Å². The molecule has 1 saturated carbocycles. The summed E-state index contributed by atoms with van der Waals surface area (Å²) in [6, 6.07) is 8.76. The molecule has 1 aliphatic carbocycles. The van der Waals surface area contributed by atoms with Crippen LogP contribution in [0.3, 0.4) is 0 Å². The third-order valence-electron chi connectivity index (χ3n) is 4.51. The zero-order valence-electron chi connectivity index (χ0n) is 15.0. The van der Waals surface area contributed by atoms with E-state index in [1.165, 1.54) is 12.1 Å². The molecule has 5 heteroatoms. The summed E-state index contributed by atoms with van der Waals surface area (Å²) in [6.45, 7) is 8.02. The number of hydrogen-bond donors (Lipinski definition) is 1. The van der Waals surface area contributed by atoms with Crippen molar-refractivity contribution in [2.75, 3.05) is 6.61 Å². The van der Waals surface area contributed by atoms with Crippen molar-refractivity contribution in [2.45, 2.75) is 45.5 Å². The molecule has 1 aliphatic rings. The molecule has 25 heavy (non-hydrogen) atoms. The normalized spacial score (nSPS) is 18.9. The molecule has 1 heterocycles. The van der Waals surface area contributed by atoms with E-state index in [0.717, 1.165) is 11.3 Å². The van der Waals surface area contributed by atoms with Crippen LogP contribution in [-0.2, 0) is 5.41 Å². The minimum atomic E-state index is -2.61. The molecule has 1 aromatic heterocycles. The maximum atomic E-state index is 13.2. The summed E-state index contributed by atoms with van der Waals surface area (Å²) in [5, 5.41) is 0. The maximum Gasteiger partial charge on any atom is 0.255 e. The van der Waals surface area contributed by atoms with Gasteiger partial charge in [-0.2, -0.15) is 0 Å². The average Bonchev–Trinajstić information content (AvgIpc) is 3.10. The van der Waals surface area contributed by atoms with Crippen molar-refractivity contribution < 1.29 is 13.5 Å². The van der Waals surface area contributed by atoms with Gasteiger partial charge in [-0.3, -0.25) is 4.79 Å². The fraction of sp³-hybridized carbons (Fsp3) is 0.450. The summed E-state index contributed by atoms with van der Waals surface area (Å²) in [7, 11) is 0. The van der Waals surface area contributed by atoms with Gasteiger partial charge in [-0.05, 0) is 30.0 Å². The van der Waals surface area contributed by atoms with Crippen molar-refractivity contribution >= 4 is 0 Å². The first-order chi connectivity index (χ1) is 11.6. The monoisotopic (exact) mass is 347 g/mol. The van der Waals surface area contributed by atoms with Crippen molar-refractivity contribution in [1.29, 1.82) is 0 Å². The van der Waals surface area contributed by atoms with Crippen LogP contribution >= 0.6 is 0 Å². The molecule has 0 aliphatic heterocycles. The van der Waals surface area contributed by atoms with Crippen LogP contribution in [0.25, 0.3) is 11.3 Å². The van der Waals surface area contributed by atoms with Gasteiger partial charge in [0, 0.05) is 29.8 Å². The Hall–Kier alpha value is -2.17. The lowest BCUT2D eigenvalue weighted by atomic mass is 9.86. The Labute approximate surface area is 146 Å². The predicted octanol–water partition coefficient (Wildman–Crippen LogP) is 4.68. The highest BCUT2D eigenvalue weighted by atomic mass is 19.3. The van der Waals surface area contributed by atoms with E-state index in [1.807, 2.05) is 18.2 Å². The topological polar surface area (TPSA) is 42.1 Å². The number of benzene rings is 1. The minimum Gasteiger partial charge on any atom is -0.492 e. The molecule has 2 aromatic rings. The molecule has 0 amide bonds. The summed E-state index contributed by atoms with van der Waals surface area (Å²) in [5.74, 6) is -2.81. The minimum absolute atomic E-state index is 0.0242. The Balaban J connectivity index is 1.99. The highest BCUT2D eigenvalue weighted by Gasteiger charge is 2.57.